The third-order valence-electron chi connectivity index (χ3n) is 4.32. The number of terminal acetylenes is 1. The van der Waals surface area contributed by atoms with E-state index in [1.165, 1.54) is 28.9 Å². The molecule has 0 spiro atoms. The van der Waals surface area contributed by atoms with Gasteiger partial charge in [0.2, 0.25) is 0 Å². The van der Waals surface area contributed by atoms with Crippen molar-refractivity contribution in [3.8, 4) is 18.1 Å². The highest BCUT2D eigenvalue weighted by atomic mass is 19.1. The molecular weight excluding hydrogens is 368 g/mol. The number of nitrogens with one attached hydrogen (secondary N) is 2. The van der Waals surface area contributed by atoms with Gasteiger partial charge in [-0.3, -0.25) is 4.79 Å². The fourth-order valence-electron chi connectivity index (χ4n) is 2.92. The first-order chi connectivity index (χ1) is 13.6. The molecule has 2 atom stereocenters. The summed E-state index contributed by atoms with van der Waals surface area (Å²) in [5.74, 6) is 2.16. The third-order valence-corrected chi connectivity index (χ3v) is 4.32. The van der Waals surface area contributed by atoms with Gasteiger partial charge in [0.15, 0.2) is 5.65 Å². The van der Waals surface area contributed by atoms with E-state index in [1.807, 2.05) is 0 Å². The quantitative estimate of drug-likeness (QED) is 0.629. The zero-order valence-corrected chi connectivity index (χ0v) is 14.5. The third kappa shape index (κ3) is 3.20. The maximum Gasteiger partial charge on any atom is 0.257 e. The number of alkyl halides is 1. The highest BCUT2D eigenvalue weighted by Crippen LogP contribution is 2.29. The fraction of sp³-hybridized carbons (Fsp3) is 0.211. The van der Waals surface area contributed by atoms with Crippen LogP contribution in [-0.4, -0.2) is 39.8 Å². The number of carbonyl (C=O) groups excluding carboxylic acids is 1. The van der Waals surface area contributed by atoms with Crippen LogP contribution in [0.15, 0.2) is 36.7 Å². The van der Waals surface area contributed by atoms with Gasteiger partial charge < -0.3 is 15.4 Å². The minimum Gasteiger partial charge on any atom is -0.491 e. The molecule has 142 valence electrons. The van der Waals surface area contributed by atoms with E-state index in [0.717, 1.165) is 0 Å². The Bertz CT molecular complexity index is 1090. The molecule has 0 fully saturated rings. The lowest BCUT2D eigenvalue weighted by molar-refractivity contribution is 0.0912. The summed E-state index contributed by atoms with van der Waals surface area (Å²) in [5, 5.41) is 9.66. The van der Waals surface area contributed by atoms with Crippen molar-refractivity contribution < 1.29 is 18.3 Å². The molecule has 7 nitrogen and oxygen atoms in total. The van der Waals surface area contributed by atoms with Crippen molar-refractivity contribution in [3.63, 3.8) is 0 Å². The maximum absolute atomic E-state index is 13.8. The lowest BCUT2D eigenvalue weighted by Gasteiger charge is -2.20. The predicted molar refractivity (Wildman–Crippen MR) is 97.3 cm³/mol. The van der Waals surface area contributed by atoms with Crippen molar-refractivity contribution in [1.29, 1.82) is 0 Å². The second-order valence-corrected chi connectivity index (χ2v) is 6.20. The highest BCUT2D eigenvalue weighted by Gasteiger charge is 2.22. The lowest BCUT2D eigenvalue weighted by atomic mass is 10.1. The molecule has 9 heteroatoms. The van der Waals surface area contributed by atoms with Gasteiger partial charge in [0.05, 0.1) is 12.2 Å². The second kappa shape index (κ2) is 7.15. The molecule has 2 aromatic heterocycles. The van der Waals surface area contributed by atoms with E-state index in [-0.39, 0.29) is 23.6 Å². The number of ether oxygens (including phenoxy) is 1. The molecule has 4 rings (SSSR count). The Labute approximate surface area is 158 Å². The Morgan fingerprint density at radius 3 is 3.00 bits per heavy atom. The van der Waals surface area contributed by atoms with Crippen molar-refractivity contribution in [1.82, 2.24) is 19.9 Å². The van der Waals surface area contributed by atoms with Gasteiger partial charge >= 0.3 is 0 Å². The monoisotopic (exact) mass is 383 g/mol. The minimum atomic E-state index is -0.915. The van der Waals surface area contributed by atoms with Crippen LogP contribution in [0.2, 0.25) is 0 Å². The van der Waals surface area contributed by atoms with E-state index in [2.05, 4.69) is 26.6 Å². The van der Waals surface area contributed by atoms with Gasteiger partial charge in [0.1, 0.15) is 42.3 Å². The molecular formula is C19H15F2N5O2. The average Bonchev–Trinajstić information content (AvgIpc) is 3.12. The molecule has 1 aliphatic heterocycles. The van der Waals surface area contributed by atoms with Crippen molar-refractivity contribution in [2.24, 2.45) is 0 Å². The van der Waals surface area contributed by atoms with Crippen LogP contribution in [0, 0.1) is 18.2 Å². The van der Waals surface area contributed by atoms with E-state index < -0.39 is 30.5 Å². The molecule has 0 radical (unpaired) electrons. The summed E-state index contributed by atoms with van der Waals surface area (Å²) in [6, 6.07) is 3.82. The number of amides is 1. The largest absolute Gasteiger partial charge is 0.491 e. The van der Waals surface area contributed by atoms with Crippen LogP contribution in [0.25, 0.3) is 5.65 Å². The van der Waals surface area contributed by atoms with Gasteiger partial charge in [-0.2, -0.15) is 5.10 Å². The number of rotatable bonds is 1. The molecule has 2 N–H and O–H groups in total. The van der Waals surface area contributed by atoms with Gasteiger partial charge in [0, 0.05) is 11.8 Å². The average molecular weight is 383 g/mol. The number of fused-ring (bicyclic) bond motifs is 2. The lowest BCUT2D eigenvalue weighted by Crippen LogP contribution is -2.40. The molecule has 28 heavy (non-hydrogen) atoms. The van der Waals surface area contributed by atoms with Crippen molar-refractivity contribution in [2.75, 3.05) is 18.6 Å². The zero-order chi connectivity index (χ0) is 19.7. The van der Waals surface area contributed by atoms with Gasteiger partial charge in [-0.05, 0) is 24.3 Å². The van der Waals surface area contributed by atoms with E-state index in [4.69, 9.17) is 11.2 Å². The summed E-state index contributed by atoms with van der Waals surface area (Å²) in [4.78, 5) is 16.9. The van der Waals surface area contributed by atoms with Gasteiger partial charge in [0.25, 0.3) is 5.91 Å². The van der Waals surface area contributed by atoms with Crippen LogP contribution in [-0.2, 0) is 0 Å². The summed E-state index contributed by atoms with van der Waals surface area (Å²) in [7, 11) is 0. The summed E-state index contributed by atoms with van der Waals surface area (Å²) in [6.07, 6.45) is 8.60. The maximum atomic E-state index is 13.8. The summed E-state index contributed by atoms with van der Waals surface area (Å²) >= 11 is 0. The number of hydrogen-bond acceptors (Lipinski definition) is 5. The normalized spacial score (nSPS) is 19.2. The first-order valence-electron chi connectivity index (χ1n) is 8.45. The molecule has 1 amide bonds. The van der Waals surface area contributed by atoms with E-state index >= 15 is 0 Å². The molecule has 3 aromatic rings. The highest BCUT2D eigenvalue weighted by molar-refractivity contribution is 5.99. The minimum absolute atomic E-state index is 0.159. The molecule has 1 aromatic carbocycles. The number of nitrogens with zero attached hydrogens (tertiary/aromatic N) is 3. The van der Waals surface area contributed by atoms with Gasteiger partial charge in [-0.25, -0.2) is 18.3 Å². The topological polar surface area (TPSA) is 80.5 Å². The standard InChI is InChI=1S/C19H15F2N5O2/c1-2-15-13-7-11(21)3-4-16(13)28-10-12(8-20)23-19(27)14-9-22-26-6-5-17(24-15)25-18(14)26/h1,3-7,9,12,15H,8,10H2,(H,23,27)(H,24,25)/t12-,15-/m1/s1. The van der Waals surface area contributed by atoms with Gasteiger partial charge in [-0.1, -0.05) is 5.92 Å². The van der Waals surface area contributed by atoms with Crippen LogP contribution in [0.1, 0.15) is 22.0 Å². The van der Waals surface area contributed by atoms with Crippen molar-refractivity contribution >= 4 is 17.4 Å². The van der Waals surface area contributed by atoms with E-state index in [0.29, 0.717) is 11.4 Å². The first kappa shape index (κ1) is 17.7. The number of anilines is 1. The van der Waals surface area contributed by atoms with Crippen LogP contribution >= 0.6 is 0 Å². The number of carbonyl (C=O) groups is 1. The number of aromatic nitrogens is 3. The molecule has 0 saturated heterocycles. The molecule has 0 saturated carbocycles. The van der Waals surface area contributed by atoms with Crippen LogP contribution in [0.5, 0.6) is 5.75 Å². The van der Waals surface area contributed by atoms with Crippen LogP contribution < -0.4 is 15.4 Å². The van der Waals surface area contributed by atoms with Gasteiger partial charge in [-0.15, -0.1) is 6.42 Å². The Balaban J connectivity index is 1.85. The Morgan fingerprint density at radius 2 is 2.21 bits per heavy atom. The van der Waals surface area contributed by atoms with Crippen molar-refractivity contribution in [2.45, 2.75) is 12.1 Å². The van der Waals surface area contributed by atoms with E-state index in [9.17, 15) is 13.6 Å². The van der Waals surface area contributed by atoms with Crippen LogP contribution in [0.3, 0.4) is 0 Å². The second-order valence-electron chi connectivity index (χ2n) is 6.20. The number of hydrogen-bond donors (Lipinski definition) is 2. The summed E-state index contributed by atoms with van der Waals surface area (Å²) in [6.45, 7) is -1.01. The molecule has 3 heterocycles. The Hall–Kier alpha value is -3.67. The zero-order valence-electron chi connectivity index (χ0n) is 14.5. The van der Waals surface area contributed by atoms with E-state index in [1.54, 1.807) is 12.3 Å². The molecule has 0 unspecified atom stereocenters. The molecule has 1 aliphatic rings. The van der Waals surface area contributed by atoms with Crippen LogP contribution in [0.4, 0.5) is 14.6 Å². The molecule has 0 aliphatic carbocycles. The SMILES string of the molecule is C#C[C@H]1Nc2ccn3ncc(c3n2)C(=O)N[C@H](CF)COc2ccc(F)cc21. The smallest absolute Gasteiger partial charge is 0.257 e. The Kier molecular flexibility index (Phi) is 4.53. The fourth-order valence-corrected chi connectivity index (χ4v) is 2.92. The first-order valence-corrected chi connectivity index (χ1v) is 8.45. The van der Waals surface area contributed by atoms with Crippen molar-refractivity contribution in [3.05, 3.63) is 53.6 Å². The summed E-state index contributed by atoms with van der Waals surface area (Å²) in [5.41, 5.74) is 0.818. The summed E-state index contributed by atoms with van der Waals surface area (Å²) < 4.78 is 34.4. The molecule has 2 bridgehead atoms. The predicted octanol–water partition coefficient (Wildman–Crippen LogP) is 2.12. The number of halogens is 2. The Morgan fingerprint density at radius 1 is 1.36 bits per heavy atom. The number of benzene rings is 1.